The number of rotatable bonds is 22. The van der Waals surface area contributed by atoms with Crippen LogP contribution in [0.3, 0.4) is 0 Å². The van der Waals surface area contributed by atoms with Crippen LogP contribution in [-0.4, -0.2) is 0 Å². The summed E-state index contributed by atoms with van der Waals surface area (Å²) in [6.45, 7) is 11.6. The van der Waals surface area contributed by atoms with E-state index in [4.69, 9.17) is 0 Å². The Bertz CT molecular complexity index is 385. The highest BCUT2D eigenvalue weighted by molar-refractivity contribution is 4.94. The van der Waals surface area contributed by atoms with E-state index in [0.717, 1.165) is 24.2 Å². The van der Waals surface area contributed by atoms with Gasteiger partial charge < -0.3 is 0 Å². The normalized spacial score (nSPS) is 14.2. The maximum Gasteiger partial charge on any atom is 0.00886 e. The third-order valence-electron chi connectivity index (χ3n) is 6.99. The summed E-state index contributed by atoms with van der Waals surface area (Å²) in [5.41, 5.74) is 0. The molecule has 0 spiro atoms. The lowest BCUT2D eigenvalue weighted by Crippen LogP contribution is -1.96. The first-order valence-corrected chi connectivity index (χ1v) is 14.0. The minimum absolute atomic E-state index is 0.897. The molecule has 0 aromatic rings. The molecular formula is C30H58. The SMILES string of the molecule is CC#CCCCC(C)CCCCCCCCC(C)CCCCCCCC(C)CCC. The molecule has 0 radical (unpaired) electrons. The van der Waals surface area contributed by atoms with Gasteiger partial charge in [0.05, 0.1) is 0 Å². The zero-order valence-corrected chi connectivity index (χ0v) is 21.9. The van der Waals surface area contributed by atoms with Crippen molar-refractivity contribution in [2.24, 2.45) is 17.8 Å². The molecule has 3 atom stereocenters. The summed E-state index contributed by atoms with van der Waals surface area (Å²) in [7, 11) is 0. The molecule has 0 nitrogen and oxygen atoms in total. The fraction of sp³-hybridized carbons (Fsp3) is 0.933. The molecule has 0 bridgehead atoms. The average molecular weight is 419 g/mol. The first-order valence-electron chi connectivity index (χ1n) is 14.0. The van der Waals surface area contributed by atoms with Crippen LogP contribution in [0.5, 0.6) is 0 Å². The van der Waals surface area contributed by atoms with Gasteiger partial charge in [-0.15, -0.1) is 11.8 Å². The predicted molar refractivity (Wildman–Crippen MR) is 139 cm³/mol. The first-order chi connectivity index (χ1) is 14.6. The Morgan fingerprint density at radius 3 is 1.17 bits per heavy atom. The van der Waals surface area contributed by atoms with E-state index in [9.17, 15) is 0 Å². The van der Waals surface area contributed by atoms with Crippen LogP contribution in [0, 0.1) is 29.6 Å². The number of unbranched alkanes of at least 4 members (excludes halogenated alkanes) is 10. The zero-order valence-electron chi connectivity index (χ0n) is 21.9. The quantitative estimate of drug-likeness (QED) is 0.121. The van der Waals surface area contributed by atoms with Gasteiger partial charge in [-0.3, -0.25) is 0 Å². The lowest BCUT2D eigenvalue weighted by atomic mass is 9.94. The second kappa shape index (κ2) is 23.2. The smallest absolute Gasteiger partial charge is 0.00886 e. The third-order valence-corrected chi connectivity index (χ3v) is 6.99. The Kier molecular flexibility index (Phi) is 22.9. The van der Waals surface area contributed by atoms with Crippen LogP contribution < -0.4 is 0 Å². The van der Waals surface area contributed by atoms with E-state index in [-0.39, 0.29) is 0 Å². The van der Waals surface area contributed by atoms with E-state index in [2.05, 4.69) is 39.5 Å². The van der Waals surface area contributed by atoms with Crippen molar-refractivity contribution in [2.45, 2.75) is 163 Å². The summed E-state index contributed by atoms with van der Waals surface area (Å²) in [5, 5.41) is 0. The van der Waals surface area contributed by atoms with Gasteiger partial charge in [-0.05, 0) is 37.5 Å². The molecule has 0 heteroatoms. The van der Waals surface area contributed by atoms with Gasteiger partial charge in [0.2, 0.25) is 0 Å². The molecule has 0 aromatic heterocycles. The molecule has 30 heavy (non-hydrogen) atoms. The van der Waals surface area contributed by atoms with Gasteiger partial charge in [-0.1, -0.05) is 137 Å². The molecular weight excluding hydrogens is 360 g/mol. The fourth-order valence-electron chi connectivity index (χ4n) is 4.80. The number of hydrogen-bond acceptors (Lipinski definition) is 0. The van der Waals surface area contributed by atoms with Gasteiger partial charge in [0.15, 0.2) is 0 Å². The average Bonchev–Trinajstić information content (AvgIpc) is 2.72. The molecule has 0 saturated carbocycles. The summed E-state index contributed by atoms with van der Waals surface area (Å²) >= 11 is 0. The second-order valence-electron chi connectivity index (χ2n) is 10.5. The van der Waals surface area contributed by atoms with Crippen molar-refractivity contribution >= 4 is 0 Å². The zero-order chi connectivity index (χ0) is 22.3. The first kappa shape index (κ1) is 29.6. The highest BCUT2D eigenvalue weighted by Gasteiger charge is 2.04. The van der Waals surface area contributed by atoms with E-state index in [1.54, 1.807) is 0 Å². The lowest BCUT2D eigenvalue weighted by Gasteiger charge is -2.12. The molecule has 0 aliphatic carbocycles. The summed E-state index contributed by atoms with van der Waals surface area (Å²) in [6.07, 6.45) is 28.4. The van der Waals surface area contributed by atoms with E-state index in [1.165, 1.54) is 122 Å². The van der Waals surface area contributed by atoms with Gasteiger partial charge >= 0.3 is 0 Å². The molecule has 178 valence electrons. The van der Waals surface area contributed by atoms with Crippen LogP contribution in [0.15, 0.2) is 0 Å². The van der Waals surface area contributed by atoms with Crippen molar-refractivity contribution in [2.75, 3.05) is 0 Å². The van der Waals surface area contributed by atoms with Crippen molar-refractivity contribution in [3.8, 4) is 11.8 Å². The van der Waals surface area contributed by atoms with Crippen LogP contribution in [0.25, 0.3) is 0 Å². The third kappa shape index (κ3) is 22.2. The predicted octanol–water partition coefficient (Wildman–Crippen LogP) is 10.7. The Morgan fingerprint density at radius 2 is 0.800 bits per heavy atom. The Hall–Kier alpha value is -0.440. The van der Waals surface area contributed by atoms with Crippen LogP contribution in [0.1, 0.15) is 163 Å². The molecule has 0 saturated heterocycles. The van der Waals surface area contributed by atoms with E-state index in [1.807, 2.05) is 6.92 Å². The standard InChI is InChI=1S/C30H58/c1-6-8-9-17-24-29(4)25-19-13-10-11-14-20-26-30(5)27-21-16-12-15-18-23-28(3)22-7-2/h28-30H,7,9-27H2,1-5H3. The fourth-order valence-corrected chi connectivity index (χ4v) is 4.80. The van der Waals surface area contributed by atoms with Crippen LogP contribution in [0.2, 0.25) is 0 Å². The Balaban J connectivity index is 3.30. The van der Waals surface area contributed by atoms with Crippen molar-refractivity contribution in [1.29, 1.82) is 0 Å². The van der Waals surface area contributed by atoms with Crippen molar-refractivity contribution < 1.29 is 0 Å². The van der Waals surface area contributed by atoms with Gasteiger partial charge in [0.25, 0.3) is 0 Å². The van der Waals surface area contributed by atoms with Crippen molar-refractivity contribution in [3.63, 3.8) is 0 Å². The molecule has 0 aliphatic heterocycles. The lowest BCUT2D eigenvalue weighted by molar-refractivity contribution is 0.419. The minimum atomic E-state index is 0.897. The largest absolute Gasteiger partial charge is 0.107 e. The van der Waals surface area contributed by atoms with Gasteiger partial charge in [0, 0.05) is 6.42 Å². The summed E-state index contributed by atoms with van der Waals surface area (Å²) in [4.78, 5) is 0. The van der Waals surface area contributed by atoms with Crippen LogP contribution >= 0.6 is 0 Å². The highest BCUT2D eigenvalue weighted by atomic mass is 14.1. The summed E-state index contributed by atoms with van der Waals surface area (Å²) < 4.78 is 0. The molecule has 0 N–H and O–H groups in total. The maximum absolute atomic E-state index is 3.19. The molecule has 0 fully saturated rings. The molecule has 0 heterocycles. The second-order valence-corrected chi connectivity index (χ2v) is 10.5. The Labute approximate surface area is 192 Å². The van der Waals surface area contributed by atoms with E-state index in [0.29, 0.717) is 0 Å². The topological polar surface area (TPSA) is 0 Å². The molecule has 0 rings (SSSR count). The van der Waals surface area contributed by atoms with E-state index < -0.39 is 0 Å². The summed E-state index contributed by atoms with van der Waals surface area (Å²) in [6, 6.07) is 0. The molecule has 0 amide bonds. The molecule has 0 aliphatic rings. The summed E-state index contributed by atoms with van der Waals surface area (Å²) in [5.74, 6) is 8.99. The monoisotopic (exact) mass is 418 g/mol. The van der Waals surface area contributed by atoms with Gasteiger partial charge in [0.1, 0.15) is 0 Å². The Morgan fingerprint density at radius 1 is 0.467 bits per heavy atom. The van der Waals surface area contributed by atoms with Crippen LogP contribution in [-0.2, 0) is 0 Å². The number of hydrogen-bond donors (Lipinski definition) is 0. The molecule has 0 aromatic carbocycles. The minimum Gasteiger partial charge on any atom is -0.107 e. The van der Waals surface area contributed by atoms with Crippen molar-refractivity contribution in [1.82, 2.24) is 0 Å². The van der Waals surface area contributed by atoms with Crippen LogP contribution in [0.4, 0.5) is 0 Å². The highest BCUT2D eigenvalue weighted by Crippen LogP contribution is 2.20. The maximum atomic E-state index is 3.19. The van der Waals surface area contributed by atoms with E-state index >= 15 is 0 Å². The van der Waals surface area contributed by atoms with Gasteiger partial charge in [-0.25, -0.2) is 0 Å². The van der Waals surface area contributed by atoms with Gasteiger partial charge in [-0.2, -0.15) is 0 Å². The molecule has 3 unspecified atom stereocenters. The van der Waals surface area contributed by atoms with Crippen molar-refractivity contribution in [3.05, 3.63) is 0 Å².